The number of carbonyl (C=O) groups excluding carboxylic acids is 1. The Labute approximate surface area is 120 Å². The first-order valence-electron chi connectivity index (χ1n) is 7.07. The maximum Gasteiger partial charge on any atom is 0.230 e. The third-order valence-electron chi connectivity index (χ3n) is 3.80. The van der Waals surface area contributed by atoms with Gasteiger partial charge in [-0.3, -0.25) is 4.79 Å². The third kappa shape index (κ3) is 3.38. The highest BCUT2D eigenvalue weighted by Crippen LogP contribution is 2.48. The van der Waals surface area contributed by atoms with Crippen molar-refractivity contribution in [1.82, 2.24) is 10.2 Å². The summed E-state index contributed by atoms with van der Waals surface area (Å²) in [6, 6.07) is 9.89. The fraction of sp³-hybridized carbons (Fsp3) is 0.562. The SMILES string of the molecule is CN(C)CC(C)(O)CNC(=O)C1(c2ccccc2)CC1. The van der Waals surface area contributed by atoms with Crippen molar-refractivity contribution in [2.45, 2.75) is 30.8 Å². The van der Waals surface area contributed by atoms with Crippen molar-refractivity contribution in [2.24, 2.45) is 0 Å². The Morgan fingerprint density at radius 3 is 2.45 bits per heavy atom. The van der Waals surface area contributed by atoms with Gasteiger partial charge >= 0.3 is 0 Å². The third-order valence-corrected chi connectivity index (χ3v) is 3.80. The summed E-state index contributed by atoms with van der Waals surface area (Å²) in [5, 5.41) is 13.1. The van der Waals surface area contributed by atoms with E-state index in [1.165, 1.54) is 0 Å². The number of nitrogens with zero attached hydrogens (tertiary/aromatic N) is 1. The fourth-order valence-electron chi connectivity index (χ4n) is 2.71. The topological polar surface area (TPSA) is 52.6 Å². The molecule has 4 nitrogen and oxygen atoms in total. The van der Waals surface area contributed by atoms with Gasteiger partial charge in [0.1, 0.15) is 0 Å². The van der Waals surface area contributed by atoms with Gasteiger partial charge in [0.25, 0.3) is 0 Å². The lowest BCUT2D eigenvalue weighted by molar-refractivity contribution is -0.124. The van der Waals surface area contributed by atoms with Crippen LogP contribution in [0.25, 0.3) is 0 Å². The molecule has 1 unspecified atom stereocenters. The molecule has 1 aromatic carbocycles. The second-order valence-corrected chi connectivity index (χ2v) is 6.37. The summed E-state index contributed by atoms with van der Waals surface area (Å²) in [7, 11) is 3.81. The molecule has 1 saturated carbocycles. The number of hydrogen-bond acceptors (Lipinski definition) is 3. The number of carbonyl (C=O) groups is 1. The highest BCUT2D eigenvalue weighted by Gasteiger charge is 2.51. The van der Waals surface area contributed by atoms with Crippen LogP contribution in [0.15, 0.2) is 30.3 Å². The number of aliphatic hydroxyl groups is 1. The van der Waals surface area contributed by atoms with Crippen LogP contribution in [-0.4, -0.2) is 48.7 Å². The van der Waals surface area contributed by atoms with E-state index in [0.717, 1.165) is 18.4 Å². The van der Waals surface area contributed by atoms with Crippen molar-refractivity contribution < 1.29 is 9.90 Å². The minimum absolute atomic E-state index is 0.0303. The minimum Gasteiger partial charge on any atom is -0.387 e. The molecular weight excluding hydrogens is 252 g/mol. The maximum atomic E-state index is 12.4. The van der Waals surface area contributed by atoms with Crippen LogP contribution < -0.4 is 5.32 Å². The van der Waals surface area contributed by atoms with Crippen LogP contribution in [0.1, 0.15) is 25.3 Å². The van der Waals surface area contributed by atoms with Gasteiger partial charge in [0.05, 0.1) is 11.0 Å². The highest BCUT2D eigenvalue weighted by molar-refractivity contribution is 5.91. The van der Waals surface area contributed by atoms with E-state index in [-0.39, 0.29) is 17.9 Å². The summed E-state index contributed by atoms with van der Waals surface area (Å²) < 4.78 is 0. The lowest BCUT2D eigenvalue weighted by Gasteiger charge is -2.28. The summed E-state index contributed by atoms with van der Waals surface area (Å²) in [4.78, 5) is 14.3. The Morgan fingerprint density at radius 2 is 1.95 bits per heavy atom. The zero-order valence-electron chi connectivity index (χ0n) is 12.5. The molecule has 1 aromatic rings. The number of rotatable bonds is 6. The lowest BCUT2D eigenvalue weighted by atomic mass is 9.94. The van der Waals surface area contributed by atoms with E-state index in [1.807, 2.05) is 49.3 Å². The van der Waals surface area contributed by atoms with Crippen molar-refractivity contribution >= 4 is 5.91 Å². The molecule has 2 rings (SSSR count). The van der Waals surface area contributed by atoms with E-state index >= 15 is 0 Å². The van der Waals surface area contributed by atoms with Gasteiger partial charge in [-0.25, -0.2) is 0 Å². The van der Waals surface area contributed by atoms with Crippen molar-refractivity contribution in [3.8, 4) is 0 Å². The van der Waals surface area contributed by atoms with Gasteiger partial charge in [-0.05, 0) is 39.4 Å². The van der Waals surface area contributed by atoms with Gasteiger partial charge in [0.2, 0.25) is 5.91 Å². The molecule has 1 amide bonds. The molecule has 0 radical (unpaired) electrons. The van der Waals surface area contributed by atoms with Crippen LogP contribution in [0.4, 0.5) is 0 Å². The van der Waals surface area contributed by atoms with Crippen molar-refractivity contribution in [3.05, 3.63) is 35.9 Å². The van der Waals surface area contributed by atoms with E-state index < -0.39 is 5.60 Å². The zero-order valence-corrected chi connectivity index (χ0v) is 12.5. The Kier molecular flexibility index (Phi) is 4.16. The summed E-state index contributed by atoms with van der Waals surface area (Å²) in [6.07, 6.45) is 1.78. The molecular formula is C16H24N2O2. The van der Waals surface area contributed by atoms with Gasteiger partial charge in [-0.15, -0.1) is 0 Å². The normalized spacial score (nSPS) is 19.4. The van der Waals surface area contributed by atoms with Crippen LogP contribution in [0.5, 0.6) is 0 Å². The second kappa shape index (κ2) is 5.54. The van der Waals surface area contributed by atoms with Gasteiger partial charge in [0, 0.05) is 13.1 Å². The van der Waals surface area contributed by atoms with E-state index in [1.54, 1.807) is 6.92 Å². The molecule has 0 aromatic heterocycles. The standard InChI is InChI=1S/C16H24N2O2/c1-15(20,12-18(2)3)11-17-14(19)16(9-10-16)13-7-5-4-6-8-13/h4-8,20H,9-12H2,1-3H3,(H,17,19). The summed E-state index contributed by atoms with van der Waals surface area (Å²) in [5.41, 5.74) is -0.203. The average molecular weight is 276 g/mol. The molecule has 4 heteroatoms. The Bertz CT molecular complexity index is 465. The van der Waals surface area contributed by atoms with E-state index in [4.69, 9.17) is 0 Å². The largest absolute Gasteiger partial charge is 0.387 e. The van der Waals surface area contributed by atoms with Crippen LogP contribution in [0.2, 0.25) is 0 Å². The molecule has 1 aliphatic rings. The van der Waals surface area contributed by atoms with Crippen LogP contribution in [0, 0.1) is 0 Å². The number of amides is 1. The van der Waals surface area contributed by atoms with Gasteiger partial charge in [-0.2, -0.15) is 0 Å². The predicted molar refractivity (Wildman–Crippen MR) is 79.5 cm³/mol. The van der Waals surface area contributed by atoms with Gasteiger partial charge in [0.15, 0.2) is 0 Å². The smallest absolute Gasteiger partial charge is 0.230 e. The van der Waals surface area contributed by atoms with Gasteiger partial charge in [-0.1, -0.05) is 30.3 Å². The fourth-order valence-corrected chi connectivity index (χ4v) is 2.71. The first kappa shape index (κ1) is 15.0. The Balaban J connectivity index is 1.96. The zero-order chi connectivity index (χ0) is 14.8. The van der Waals surface area contributed by atoms with E-state index in [2.05, 4.69) is 5.32 Å². The molecule has 0 bridgehead atoms. The maximum absolute atomic E-state index is 12.4. The summed E-state index contributed by atoms with van der Waals surface area (Å²) in [6.45, 7) is 2.54. The van der Waals surface area contributed by atoms with Crippen molar-refractivity contribution in [1.29, 1.82) is 0 Å². The molecule has 0 spiro atoms. The van der Waals surface area contributed by atoms with Gasteiger partial charge < -0.3 is 15.3 Å². The molecule has 2 N–H and O–H groups in total. The van der Waals surface area contributed by atoms with Crippen LogP contribution >= 0.6 is 0 Å². The monoisotopic (exact) mass is 276 g/mol. The minimum atomic E-state index is -0.911. The molecule has 110 valence electrons. The van der Waals surface area contributed by atoms with Crippen molar-refractivity contribution in [3.63, 3.8) is 0 Å². The number of likely N-dealkylation sites (N-methyl/N-ethyl adjacent to an activating group) is 1. The molecule has 0 saturated heterocycles. The summed E-state index contributed by atoms with van der Waals surface area (Å²) >= 11 is 0. The van der Waals surface area contributed by atoms with E-state index in [0.29, 0.717) is 6.54 Å². The number of nitrogens with one attached hydrogen (secondary N) is 1. The van der Waals surface area contributed by atoms with Crippen LogP contribution in [0.3, 0.4) is 0 Å². The first-order chi connectivity index (χ1) is 9.36. The van der Waals surface area contributed by atoms with E-state index in [9.17, 15) is 9.90 Å². The lowest BCUT2D eigenvalue weighted by Crippen LogP contribution is -2.49. The number of hydrogen-bond donors (Lipinski definition) is 2. The second-order valence-electron chi connectivity index (χ2n) is 6.37. The molecule has 1 fully saturated rings. The Hall–Kier alpha value is -1.39. The molecule has 0 heterocycles. The molecule has 1 aliphatic carbocycles. The summed E-state index contributed by atoms with van der Waals surface area (Å²) in [5.74, 6) is 0.0303. The first-order valence-corrected chi connectivity index (χ1v) is 7.07. The Morgan fingerprint density at radius 1 is 1.35 bits per heavy atom. The quantitative estimate of drug-likeness (QED) is 0.819. The molecule has 0 aliphatic heterocycles. The average Bonchev–Trinajstić information content (AvgIpc) is 3.17. The predicted octanol–water partition coefficient (Wildman–Crippen LogP) is 1.15. The molecule has 1 atom stereocenters. The van der Waals surface area contributed by atoms with Crippen molar-refractivity contribution in [2.75, 3.05) is 27.2 Å². The molecule has 20 heavy (non-hydrogen) atoms. The van der Waals surface area contributed by atoms with Crippen LogP contribution in [-0.2, 0) is 10.2 Å². The number of benzene rings is 1. The highest BCUT2D eigenvalue weighted by atomic mass is 16.3.